The minimum Gasteiger partial charge on any atom is -0.355 e. The van der Waals surface area contributed by atoms with Gasteiger partial charge in [0.2, 0.25) is 5.91 Å². The van der Waals surface area contributed by atoms with Crippen molar-refractivity contribution in [2.24, 2.45) is 5.73 Å². The van der Waals surface area contributed by atoms with Crippen LogP contribution in [0.25, 0.3) is 0 Å². The Hall–Kier alpha value is -1.29. The number of unbranched alkanes of at least 4 members (excludes halogenated alkanes) is 1. The van der Waals surface area contributed by atoms with Crippen LogP contribution >= 0.6 is 0 Å². The van der Waals surface area contributed by atoms with E-state index in [4.69, 9.17) is 5.73 Å². The number of carbonyl (C=O) groups is 1. The van der Waals surface area contributed by atoms with Crippen molar-refractivity contribution in [1.29, 1.82) is 0 Å². The molecule has 0 spiro atoms. The molecule has 15 heavy (non-hydrogen) atoms. The van der Waals surface area contributed by atoms with Crippen LogP contribution in [-0.4, -0.2) is 17.0 Å². The molecule has 1 heterocycles. The van der Waals surface area contributed by atoms with Crippen molar-refractivity contribution >= 4 is 5.91 Å². The average Bonchev–Trinajstić information content (AvgIpc) is 2.66. The van der Waals surface area contributed by atoms with E-state index < -0.39 is 0 Å². The summed E-state index contributed by atoms with van der Waals surface area (Å²) in [5, 5.41) is 2.87. The van der Waals surface area contributed by atoms with E-state index in [1.54, 1.807) is 0 Å². The fourth-order valence-corrected chi connectivity index (χ4v) is 1.34. The predicted molar refractivity (Wildman–Crippen MR) is 60.2 cm³/mol. The molecule has 84 valence electrons. The Balaban J connectivity index is 2.31. The first-order valence-corrected chi connectivity index (χ1v) is 5.37. The van der Waals surface area contributed by atoms with Gasteiger partial charge in [0.25, 0.3) is 0 Å². The Labute approximate surface area is 90.5 Å². The third-order valence-electron chi connectivity index (χ3n) is 2.23. The molecule has 3 N–H and O–H groups in total. The fraction of sp³-hybridized carbons (Fsp3) is 0.545. The Kier molecular flexibility index (Phi) is 4.90. The Morgan fingerprint density at radius 3 is 3.00 bits per heavy atom. The third kappa shape index (κ3) is 4.16. The van der Waals surface area contributed by atoms with Crippen molar-refractivity contribution in [2.75, 3.05) is 6.54 Å². The fourth-order valence-electron chi connectivity index (χ4n) is 1.34. The molecule has 0 atom stereocenters. The van der Waals surface area contributed by atoms with Crippen LogP contribution in [-0.2, 0) is 17.9 Å². The van der Waals surface area contributed by atoms with Gasteiger partial charge in [0.15, 0.2) is 0 Å². The highest BCUT2D eigenvalue weighted by molar-refractivity contribution is 5.75. The molecule has 0 saturated heterocycles. The Bertz CT molecular complexity index is 307. The predicted octanol–water partition coefficient (Wildman–Crippen LogP) is 0.863. The summed E-state index contributed by atoms with van der Waals surface area (Å²) in [5.74, 6) is 0.0580. The molecular weight excluding hydrogens is 190 g/mol. The maximum atomic E-state index is 11.4. The lowest BCUT2D eigenvalue weighted by molar-refractivity contribution is -0.121. The van der Waals surface area contributed by atoms with Gasteiger partial charge in [0, 0.05) is 25.5 Å². The quantitative estimate of drug-likeness (QED) is 0.683. The summed E-state index contributed by atoms with van der Waals surface area (Å²) in [4.78, 5) is 11.4. The van der Waals surface area contributed by atoms with E-state index in [0.29, 0.717) is 13.1 Å². The van der Waals surface area contributed by atoms with Crippen molar-refractivity contribution in [2.45, 2.75) is 32.9 Å². The number of nitrogens with two attached hydrogens (primary N) is 1. The van der Waals surface area contributed by atoms with Crippen LogP contribution in [0.15, 0.2) is 18.5 Å². The summed E-state index contributed by atoms with van der Waals surface area (Å²) in [5.41, 5.74) is 6.53. The van der Waals surface area contributed by atoms with Crippen LogP contribution in [0.3, 0.4) is 0 Å². The highest BCUT2D eigenvalue weighted by Crippen LogP contribution is 1.99. The molecule has 1 rings (SSSR count). The van der Waals surface area contributed by atoms with E-state index >= 15 is 0 Å². The number of amides is 1. The molecular formula is C11H19N3O. The number of carbonyl (C=O) groups excluding carboxylic acids is 1. The summed E-state index contributed by atoms with van der Waals surface area (Å²) in [7, 11) is 0. The van der Waals surface area contributed by atoms with E-state index in [1.165, 1.54) is 0 Å². The zero-order chi connectivity index (χ0) is 11.1. The highest BCUT2D eigenvalue weighted by atomic mass is 16.1. The zero-order valence-corrected chi connectivity index (χ0v) is 9.20. The minimum atomic E-state index is 0.0580. The van der Waals surface area contributed by atoms with Crippen molar-refractivity contribution < 1.29 is 4.79 Å². The van der Waals surface area contributed by atoms with Crippen LogP contribution in [0, 0.1) is 0 Å². The number of hydrogen-bond donors (Lipinski definition) is 2. The number of aromatic nitrogens is 1. The van der Waals surface area contributed by atoms with Gasteiger partial charge in [-0.2, -0.15) is 0 Å². The first-order valence-electron chi connectivity index (χ1n) is 5.37. The molecule has 4 heteroatoms. The van der Waals surface area contributed by atoms with Gasteiger partial charge in [0.05, 0.1) is 0 Å². The van der Waals surface area contributed by atoms with Gasteiger partial charge >= 0.3 is 0 Å². The summed E-state index contributed by atoms with van der Waals surface area (Å²) >= 11 is 0. The van der Waals surface area contributed by atoms with Crippen molar-refractivity contribution in [3.05, 3.63) is 24.0 Å². The summed E-state index contributed by atoms with van der Waals surface area (Å²) in [6.45, 7) is 3.76. The van der Waals surface area contributed by atoms with Crippen molar-refractivity contribution in [1.82, 2.24) is 9.88 Å². The molecule has 0 fully saturated rings. The summed E-state index contributed by atoms with van der Waals surface area (Å²) < 4.78 is 1.85. The lowest BCUT2D eigenvalue weighted by Gasteiger charge is -2.04. The summed E-state index contributed by atoms with van der Waals surface area (Å²) in [6, 6.07) is 1.93. The second-order valence-electron chi connectivity index (χ2n) is 3.60. The molecule has 1 amide bonds. The molecule has 1 aromatic rings. The summed E-state index contributed by atoms with van der Waals surface area (Å²) in [6.07, 6.45) is 5.91. The Morgan fingerprint density at radius 1 is 1.60 bits per heavy atom. The second kappa shape index (κ2) is 6.24. The van der Waals surface area contributed by atoms with Crippen LogP contribution in [0.4, 0.5) is 0 Å². The van der Waals surface area contributed by atoms with Gasteiger partial charge in [0.1, 0.15) is 6.54 Å². The lowest BCUT2D eigenvalue weighted by atomic mass is 10.3. The smallest absolute Gasteiger partial charge is 0.239 e. The Morgan fingerprint density at radius 2 is 2.40 bits per heavy atom. The molecule has 0 bridgehead atoms. The van der Waals surface area contributed by atoms with Gasteiger partial charge in [-0.15, -0.1) is 0 Å². The van der Waals surface area contributed by atoms with Crippen molar-refractivity contribution in [3.63, 3.8) is 0 Å². The highest BCUT2D eigenvalue weighted by Gasteiger charge is 2.01. The molecule has 0 aliphatic heterocycles. The number of nitrogens with zero attached hydrogens (tertiary/aromatic N) is 1. The van der Waals surface area contributed by atoms with Gasteiger partial charge in [-0.05, 0) is 18.1 Å². The van der Waals surface area contributed by atoms with Gasteiger partial charge in [-0.1, -0.05) is 13.3 Å². The van der Waals surface area contributed by atoms with Gasteiger partial charge < -0.3 is 15.6 Å². The van der Waals surface area contributed by atoms with Crippen LogP contribution in [0.5, 0.6) is 0 Å². The zero-order valence-electron chi connectivity index (χ0n) is 9.20. The normalized spacial score (nSPS) is 10.3. The maximum Gasteiger partial charge on any atom is 0.239 e. The van der Waals surface area contributed by atoms with Crippen LogP contribution in [0.2, 0.25) is 0 Å². The maximum absolute atomic E-state index is 11.4. The van der Waals surface area contributed by atoms with E-state index in [-0.39, 0.29) is 5.91 Å². The first-order chi connectivity index (χ1) is 7.26. The first kappa shape index (κ1) is 11.8. The standard InChI is InChI=1S/C11H19N3O/c1-2-3-5-13-11(15)9-14-6-4-10(7-12)8-14/h4,6,8H,2-3,5,7,9,12H2,1H3,(H,13,15). The average molecular weight is 209 g/mol. The minimum absolute atomic E-state index is 0.0580. The van der Waals surface area contributed by atoms with E-state index in [1.807, 2.05) is 23.0 Å². The largest absolute Gasteiger partial charge is 0.355 e. The second-order valence-corrected chi connectivity index (χ2v) is 3.60. The number of hydrogen-bond acceptors (Lipinski definition) is 2. The number of rotatable bonds is 6. The van der Waals surface area contributed by atoms with Gasteiger partial charge in [-0.3, -0.25) is 4.79 Å². The lowest BCUT2D eigenvalue weighted by Crippen LogP contribution is -2.27. The van der Waals surface area contributed by atoms with Crippen LogP contribution < -0.4 is 11.1 Å². The van der Waals surface area contributed by atoms with Gasteiger partial charge in [-0.25, -0.2) is 0 Å². The van der Waals surface area contributed by atoms with E-state index in [9.17, 15) is 4.79 Å². The van der Waals surface area contributed by atoms with E-state index in [2.05, 4.69) is 12.2 Å². The van der Waals surface area contributed by atoms with Crippen molar-refractivity contribution in [3.8, 4) is 0 Å². The molecule has 0 aliphatic rings. The molecule has 0 saturated carbocycles. The van der Waals surface area contributed by atoms with E-state index in [0.717, 1.165) is 24.9 Å². The monoisotopic (exact) mass is 209 g/mol. The molecule has 0 unspecified atom stereocenters. The van der Waals surface area contributed by atoms with Crippen LogP contribution in [0.1, 0.15) is 25.3 Å². The molecule has 4 nitrogen and oxygen atoms in total. The topological polar surface area (TPSA) is 60.0 Å². The SMILES string of the molecule is CCCCNC(=O)Cn1ccc(CN)c1. The molecule has 0 radical (unpaired) electrons. The third-order valence-corrected chi connectivity index (χ3v) is 2.23. The molecule has 0 aliphatic carbocycles. The molecule has 1 aromatic heterocycles. The number of nitrogens with one attached hydrogen (secondary N) is 1. The molecule has 0 aromatic carbocycles.